The van der Waals surface area contributed by atoms with Gasteiger partial charge in [-0.1, -0.05) is 106 Å². The van der Waals surface area contributed by atoms with E-state index in [9.17, 15) is 13.9 Å². The zero-order valence-corrected chi connectivity index (χ0v) is 21.9. The summed E-state index contributed by atoms with van der Waals surface area (Å²) in [5.41, 5.74) is 0.712. The van der Waals surface area contributed by atoms with Gasteiger partial charge >= 0.3 is 0 Å². The second-order valence-electron chi connectivity index (χ2n) is 11.2. The number of phenolic OH excluding ortho intramolecular Hbond substituents is 1. The minimum Gasteiger partial charge on any atom is -0.503 e. The molecule has 1 N–H and O–H groups in total. The van der Waals surface area contributed by atoms with Crippen molar-refractivity contribution in [2.75, 3.05) is 0 Å². The van der Waals surface area contributed by atoms with Gasteiger partial charge in [-0.2, -0.15) is 0 Å². The lowest BCUT2D eigenvalue weighted by atomic mass is 9.76. The van der Waals surface area contributed by atoms with Crippen LogP contribution in [0.5, 0.6) is 5.75 Å². The Balaban J connectivity index is 1.25. The highest BCUT2D eigenvalue weighted by molar-refractivity contribution is 6.92. The number of rotatable bonds is 9. The molecule has 1 saturated carbocycles. The van der Waals surface area contributed by atoms with E-state index in [4.69, 9.17) is 0 Å². The third-order valence-electron chi connectivity index (χ3n) is 9.05. The molecule has 186 valence electrons. The van der Waals surface area contributed by atoms with Crippen LogP contribution in [0.2, 0.25) is 18.1 Å². The molecule has 2 aliphatic rings. The molecule has 0 atom stereocenters. The molecule has 0 aromatic heterocycles. The number of hydrogen-bond donors (Lipinski definition) is 1. The van der Waals surface area contributed by atoms with E-state index < -0.39 is 25.5 Å². The lowest BCUT2D eigenvalue weighted by Gasteiger charge is -2.40. The molecule has 4 heteroatoms. The maximum absolute atomic E-state index is 13.8. The summed E-state index contributed by atoms with van der Waals surface area (Å²) in [6.45, 7) is 2.31. The molecule has 1 heterocycles. The Hall–Kier alpha value is -1.68. The SMILES string of the molecule is CCCCC[Si]1(c2ccccc2)CCC(CCC2CCC(c3cc(F)c(O)c(F)c3)CC2)CC1. The van der Waals surface area contributed by atoms with Crippen molar-refractivity contribution < 1.29 is 13.9 Å². The van der Waals surface area contributed by atoms with Gasteiger partial charge < -0.3 is 5.11 Å². The lowest BCUT2D eigenvalue weighted by Crippen LogP contribution is -2.50. The minimum absolute atomic E-state index is 0.219. The number of phenols is 1. The summed E-state index contributed by atoms with van der Waals surface area (Å²) < 4.78 is 27.5. The predicted molar refractivity (Wildman–Crippen MR) is 140 cm³/mol. The first-order chi connectivity index (χ1) is 16.5. The van der Waals surface area contributed by atoms with E-state index >= 15 is 0 Å². The van der Waals surface area contributed by atoms with Gasteiger partial charge in [-0.15, -0.1) is 0 Å². The van der Waals surface area contributed by atoms with E-state index in [0.717, 1.165) is 37.5 Å². The van der Waals surface area contributed by atoms with Crippen molar-refractivity contribution in [2.45, 2.75) is 102 Å². The Kier molecular flexibility index (Phi) is 8.85. The van der Waals surface area contributed by atoms with Crippen molar-refractivity contribution in [1.29, 1.82) is 0 Å². The predicted octanol–water partition coefficient (Wildman–Crippen LogP) is 8.68. The van der Waals surface area contributed by atoms with E-state index in [0.29, 0.717) is 5.56 Å². The molecule has 1 nitrogen and oxygen atoms in total. The van der Waals surface area contributed by atoms with E-state index in [1.54, 1.807) is 5.19 Å². The molecule has 0 spiro atoms. The molecule has 2 fully saturated rings. The van der Waals surface area contributed by atoms with Gasteiger partial charge in [0.25, 0.3) is 0 Å². The Morgan fingerprint density at radius 1 is 0.824 bits per heavy atom. The van der Waals surface area contributed by atoms with Gasteiger partial charge in [0.2, 0.25) is 0 Å². The Bertz CT molecular complexity index is 876. The van der Waals surface area contributed by atoms with Crippen molar-refractivity contribution in [3.63, 3.8) is 0 Å². The molecule has 0 amide bonds. The Labute approximate surface area is 206 Å². The van der Waals surface area contributed by atoms with Gasteiger partial charge in [0, 0.05) is 0 Å². The largest absolute Gasteiger partial charge is 0.503 e. The van der Waals surface area contributed by atoms with Crippen molar-refractivity contribution in [1.82, 2.24) is 0 Å². The first-order valence-corrected chi connectivity index (χ1v) is 16.4. The molecule has 34 heavy (non-hydrogen) atoms. The first-order valence-electron chi connectivity index (χ1n) is 13.7. The molecular formula is C30H42F2OSi. The van der Waals surface area contributed by atoms with Gasteiger partial charge in [0.15, 0.2) is 17.4 Å². The highest BCUT2D eigenvalue weighted by Gasteiger charge is 2.38. The summed E-state index contributed by atoms with van der Waals surface area (Å²) >= 11 is 0. The van der Waals surface area contributed by atoms with Crippen LogP contribution >= 0.6 is 0 Å². The highest BCUT2D eigenvalue weighted by Crippen LogP contribution is 2.42. The number of benzene rings is 2. The van der Waals surface area contributed by atoms with Crippen LogP contribution in [0, 0.1) is 23.5 Å². The van der Waals surface area contributed by atoms with Gasteiger partial charge in [0.05, 0.1) is 8.07 Å². The third kappa shape index (κ3) is 6.11. The Morgan fingerprint density at radius 2 is 1.41 bits per heavy atom. The third-order valence-corrected chi connectivity index (χ3v) is 14.4. The zero-order valence-electron chi connectivity index (χ0n) is 20.9. The van der Waals surface area contributed by atoms with Gasteiger partial charge in [0.1, 0.15) is 0 Å². The van der Waals surface area contributed by atoms with Gasteiger partial charge in [-0.3, -0.25) is 0 Å². The molecule has 0 radical (unpaired) electrons. The molecule has 0 bridgehead atoms. The summed E-state index contributed by atoms with van der Waals surface area (Å²) in [4.78, 5) is 0. The fourth-order valence-corrected chi connectivity index (χ4v) is 12.1. The molecule has 1 saturated heterocycles. The summed E-state index contributed by atoms with van der Waals surface area (Å²) in [5.74, 6) is -0.663. The van der Waals surface area contributed by atoms with Crippen LogP contribution in [0.3, 0.4) is 0 Å². The monoisotopic (exact) mass is 484 g/mol. The maximum Gasteiger partial charge on any atom is 0.187 e. The fourth-order valence-electron chi connectivity index (χ4n) is 6.78. The van der Waals surface area contributed by atoms with Crippen LogP contribution in [-0.4, -0.2) is 13.2 Å². The van der Waals surface area contributed by atoms with Crippen LogP contribution in [-0.2, 0) is 0 Å². The molecular weight excluding hydrogens is 442 g/mol. The van der Waals surface area contributed by atoms with Crippen molar-refractivity contribution >= 4 is 13.3 Å². The normalized spacial score (nSPS) is 27.6. The van der Waals surface area contributed by atoms with Crippen molar-refractivity contribution in [2.24, 2.45) is 11.8 Å². The van der Waals surface area contributed by atoms with Gasteiger partial charge in [-0.05, 0) is 61.1 Å². The maximum atomic E-state index is 13.8. The van der Waals surface area contributed by atoms with E-state index in [-0.39, 0.29) is 5.92 Å². The van der Waals surface area contributed by atoms with Crippen molar-refractivity contribution in [3.8, 4) is 5.75 Å². The molecule has 1 aliphatic heterocycles. The van der Waals surface area contributed by atoms with Gasteiger partial charge in [-0.25, -0.2) is 8.78 Å². The van der Waals surface area contributed by atoms with Crippen LogP contribution in [0.4, 0.5) is 8.78 Å². The van der Waals surface area contributed by atoms with Crippen LogP contribution in [0.15, 0.2) is 42.5 Å². The fraction of sp³-hybridized carbons (Fsp3) is 0.600. The summed E-state index contributed by atoms with van der Waals surface area (Å²) in [5, 5.41) is 11.1. The second kappa shape index (κ2) is 11.8. The van der Waals surface area contributed by atoms with Crippen LogP contribution in [0.1, 0.15) is 89.0 Å². The van der Waals surface area contributed by atoms with Crippen LogP contribution in [0.25, 0.3) is 0 Å². The summed E-state index contributed by atoms with van der Waals surface area (Å²) in [7, 11) is -1.35. The van der Waals surface area contributed by atoms with E-state index in [2.05, 4.69) is 37.3 Å². The number of aromatic hydroxyl groups is 1. The zero-order chi connectivity index (χ0) is 24.0. The standard InChI is InChI=1S/C30H42F2OSi/c1-2-3-7-18-34(27-8-5-4-6-9-27)19-16-24(17-20-34)11-10-23-12-14-25(15-13-23)26-21-28(31)30(33)29(32)22-26/h4-6,8-9,21-25,33H,2-3,7,10-20H2,1H3. The summed E-state index contributed by atoms with van der Waals surface area (Å²) in [6, 6.07) is 18.6. The first kappa shape index (κ1) is 25.4. The second-order valence-corrected chi connectivity index (χ2v) is 15.8. The smallest absolute Gasteiger partial charge is 0.187 e. The Morgan fingerprint density at radius 3 is 2.00 bits per heavy atom. The number of unbranched alkanes of at least 4 members (excludes halogenated alkanes) is 2. The van der Waals surface area contributed by atoms with E-state index in [1.165, 1.54) is 75.2 Å². The summed E-state index contributed by atoms with van der Waals surface area (Å²) in [6.07, 6.45) is 13.9. The topological polar surface area (TPSA) is 20.2 Å². The molecule has 1 aliphatic carbocycles. The number of hydrogen-bond acceptors (Lipinski definition) is 1. The molecule has 4 rings (SSSR count). The molecule has 2 aromatic rings. The van der Waals surface area contributed by atoms with Crippen molar-refractivity contribution in [3.05, 3.63) is 59.7 Å². The highest BCUT2D eigenvalue weighted by atomic mass is 28.3. The molecule has 2 aromatic carbocycles. The minimum atomic E-state index is -1.35. The quantitative estimate of drug-likeness (QED) is 0.279. The lowest BCUT2D eigenvalue weighted by molar-refractivity contribution is 0.279. The van der Waals surface area contributed by atoms with Crippen LogP contribution < -0.4 is 5.19 Å². The average Bonchev–Trinajstić information content (AvgIpc) is 2.87. The molecule has 0 unspecified atom stereocenters. The average molecular weight is 485 g/mol. The number of halogens is 2. The van der Waals surface area contributed by atoms with E-state index in [1.807, 2.05) is 0 Å².